The molecule has 0 bridgehead atoms. The summed E-state index contributed by atoms with van der Waals surface area (Å²) in [5, 5.41) is 10.1. The van der Waals surface area contributed by atoms with E-state index in [1.807, 2.05) is 31.2 Å². The van der Waals surface area contributed by atoms with Crippen LogP contribution in [0.3, 0.4) is 0 Å². The predicted octanol–water partition coefficient (Wildman–Crippen LogP) is 10.9. The van der Waals surface area contributed by atoms with E-state index in [-0.39, 0.29) is 11.5 Å². The molecule has 1 aliphatic rings. The maximum Gasteiger partial charge on any atom is 0.146 e. The first-order valence-electron chi connectivity index (χ1n) is 15.1. The number of hydrogen-bond acceptors (Lipinski definition) is 2. The molecule has 1 atom stereocenters. The quantitative estimate of drug-likeness (QED) is 0.0982. The van der Waals surface area contributed by atoms with Crippen LogP contribution >= 0.6 is 0 Å². The van der Waals surface area contributed by atoms with Crippen molar-refractivity contribution in [2.45, 2.75) is 94.1 Å². The summed E-state index contributed by atoms with van der Waals surface area (Å²) in [6.07, 6.45) is 37.2. The van der Waals surface area contributed by atoms with Gasteiger partial charge in [-0.05, 0) is 90.7 Å². The maximum absolute atomic E-state index is 11.2. The first-order valence-corrected chi connectivity index (χ1v) is 15.1. The summed E-state index contributed by atoms with van der Waals surface area (Å²) in [6.45, 7) is 19.0. The Hall–Kier alpha value is -3.49. The van der Waals surface area contributed by atoms with Gasteiger partial charge < -0.3 is 5.11 Å². The molecule has 226 valence electrons. The van der Waals surface area contributed by atoms with E-state index in [1.54, 1.807) is 0 Å². The van der Waals surface area contributed by atoms with Crippen molar-refractivity contribution >= 4 is 6.29 Å². The summed E-state index contributed by atoms with van der Waals surface area (Å²) < 4.78 is 0. The summed E-state index contributed by atoms with van der Waals surface area (Å²) in [6, 6.07) is 0. The van der Waals surface area contributed by atoms with E-state index in [1.165, 1.54) is 27.9 Å². The summed E-state index contributed by atoms with van der Waals surface area (Å²) in [4.78, 5) is 11.2. The van der Waals surface area contributed by atoms with Crippen LogP contribution in [0.25, 0.3) is 0 Å². The number of allylic oxidation sites excluding steroid dienone is 23. The number of aldehydes is 1. The molecular formula is C40H54O2. The van der Waals surface area contributed by atoms with Crippen molar-refractivity contribution in [2.24, 2.45) is 5.41 Å². The van der Waals surface area contributed by atoms with Crippen LogP contribution in [0.1, 0.15) is 88.0 Å². The molecule has 1 rings (SSSR count). The molecule has 0 fully saturated rings. The molecule has 0 radical (unpaired) electrons. The standard InChI is InChI=1S/C40H54O2/c1-31(2)16-12-24-37(30-41)25-15-23-34(5)21-13-19-32(3)17-10-11-18-33(4)20-14-22-35(6)26-27-39-36(7)28-38(42)29-40(39,8)9/h10-11,13-23,25-27,30,38,42H,12,24,28-29H2,1-9H3/b11-10+,19-13+,20-14+,23-15+,27-26+,32-17+,33-18+,34-21+,35-22+,37-25-/t38-/m1/s1. The Bertz CT molecular complexity index is 1270. The number of hydrogen-bond donors (Lipinski definition) is 1. The van der Waals surface area contributed by atoms with Crippen molar-refractivity contribution in [1.29, 1.82) is 0 Å². The van der Waals surface area contributed by atoms with Crippen molar-refractivity contribution < 1.29 is 9.90 Å². The van der Waals surface area contributed by atoms with Gasteiger partial charge in [-0.15, -0.1) is 0 Å². The van der Waals surface area contributed by atoms with Crippen molar-refractivity contribution in [2.75, 3.05) is 0 Å². The van der Waals surface area contributed by atoms with Crippen molar-refractivity contribution in [1.82, 2.24) is 0 Å². The Morgan fingerprint density at radius 1 is 0.762 bits per heavy atom. The van der Waals surface area contributed by atoms with Gasteiger partial charge in [0.05, 0.1) is 6.10 Å². The predicted molar refractivity (Wildman–Crippen MR) is 185 cm³/mol. The summed E-state index contributed by atoms with van der Waals surface area (Å²) in [7, 11) is 0. The molecule has 1 aliphatic carbocycles. The minimum Gasteiger partial charge on any atom is -0.393 e. The van der Waals surface area contributed by atoms with Gasteiger partial charge in [-0.1, -0.05) is 145 Å². The van der Waals surface area contributed by atoms with Gasteiger partial charge in [0.2, 0.25) is 0 Å². The highest BCUT2D eigenvalue weighted by atomic mass is 16.3. The van der Waals surface area contributed by atoms with Gasteiger partial charge in [-0.2, -0.15) is 0 Å². The smallest absolute Gasteiger partial charge is 0.146 e. The number of carbonyl (C=O) groups is 1. The maximum atomic E-state index is 11.2. The van der Waals surface area contributed by atoms with Crippen LogP contribution in [0.15, 0.2) is 142 Å². The van der Waals surface area contributed by atoms with E-state index in [0.717, 1.165) is 48.7 Å². The number of carbonyl (C=O) groups excluding carboxylic acids is 1. The Labute approximate surface area is 257 Å². The SMILES string of the molecule is CC(C)=CCC/C(C=O)=C/C=C/C(C)=C/C=C/C(C)=C/C=C/C=C(C)/C=C/C=C(C)/C=C/C1=C(C)C[C@@H](O)CC1(C)C. The number of aliphatic hydroxyl groups is 1. The van der Waals surface area contributed by atoms with Crippen LogP contribution in [-0.4, -0.2) is 17.5 Å². The van der Waals surface area contributed by atoms with Crippen LogP contribution in [0.4, 0.5) is 0 Å². The van der Waals surface area contributed by atoms with Crippen molar-refractivity contribution in [3.05, 3.63) is 142 Å². The third kappa shape index (κ3) is 16.1. The summed E-state index contributed by atoms with van der Waals surface area (Å²) in [5.74, 6) is 0. The second-order valence-corrected chi connectivity index (χ2v) is 12.3. The van der Waals surface area contributed by atoms with Crippen LogP contribution in [0.2, 0.25) is 0 Å². The van der Waals surface area contributed by atoms with Crippen LogP contribution < -0.4 is 0 Å². The first-order chi connectivity index (χ1) is 19.8. The van der Waals surface area contributed by atoms with E-state index in [9.17, 15) is 9.90 Å². The van der Waals surface area contributed by atoms with Gasteiger partial charge in [0.15, 0.2) is 0 Å². The van der Waals surface area contributed by atoms with Crippen LogP contribution in [0.5, 0.6) is 0 Å². The van der Waals surface area contributed by atoms with Crippen molar-refractivity contribution in [3.63, 3.8) is 0 Å². The topological polar surface area (TPSA) is 37.3 Å². The van der Waals surface area contributed by atoms with E-state index in [2.05, 4.69) is 128 Å². The number of aliphatic hydroxyl groups excluding tert-OH is 1. The zero-order valence-corrected chi connectivity index (χ0v) is 27.6. The second-order valence-electron chi connectivity index (χ2n) is 12.3. The summed E-state index contributed by atoms with van der Waals surface area (Å²) >= 11 is 0. The summed E-state index contributed by atoms with van der Waals surface area (Å²) in [5.41, 5.74) is 9.37. The molecule has 0 spiro atoms. The monoisotopic (exact) mass is 566 g/mol. The Morgan fingerprint density at radius 3 is 1.71 bits per heavy atom. The van der Waals surface area contributed by atoms with Gasteiger partial charge in [-0.3, -0.25) is 4.79 Å². The van der Waals surface area contributed by atoms with Gasteiger partial charge in [0, 0.05) is 0 Å². The van der Waals surface area contributed by atoms with Gasteiger partial charge in [0.25, 0.3) is 0 Å². The van der Waals surface area contributed by atoms with E-state index in [4.69, 9.17) is 0 Å². The third-order valence-corrected chi connectivity index (χ3v) is 7.06. The largest absolute Gasteiger partial charge is 0.393 e. The fourth-order valence-electron chi connectivity index (χ4n) is 4.77. The van der Waals surface area contributed by atoms with E-state index < -0.39 is 0 Å². The molecular weight excluding hydrogens is 512 g/mol. The number of rotatable bonds is 14. The average Bonchev–Trinajstić information content (AvgIpc) is 2.89. The minimum atomic E-state index is -0.230. The van der Waals surface area contributed by atoms with Gasteiger partial charge >= 0.3 is 0 Å². The Morgan fingerprint density at radius 2 is 1.24 bits per heavy atom. The molecule has 0 aliphatic heterocycles. The zero-order chi connectivity index (χ0) is 31.5. The molecule has 0 aromatic carbocycles. The molecule has 0 unspecified atom stereocenters. The average molecular weight is 567 g/mol. The van der Waals surface area contributed by atoms with E-state index in [0.29, 0.717) is 0 Å². The minimum absolute atomic E-state index is 0.00147. The third-order valence-electron chi connectivity index (χ3n) is 7.06. The first kappa shape index (κ1) is 36.5. The lowest BCUT2D eigenvalue weighted by Crippen LogP contribution is -2.28. The Balaban J connectivity index is 2.63. The molecule has 42 heavy (non-hydrogen) atoms. The molecule has 0 aromatic heterocycles. The molecule has 0 amide bonds. The molecule has 0 saturated carbocycles. The lowest BCUT2D eigenvalue weighted by molar-refractivity contribution is -0.105. The Kier molecular flexibility index (Phi) is 17.0. The molecule has 2 heteroatoms. The zero-order valence-electron chi connectivity index (χ0n) is 27.6. The molecule has 2 nitrogen and oxygen atoms in total. The highest BCUT2D eigenvalue weighted by Gasteiger charge is 2.31. The van der Waals surface area contributed by atoms with Gasteiger partial charge in [-0.25, -0.2) is 0 Å². The fourth-order valence-corrected chi connectivity index (χ4v) is 4.77. The highest BCUT2D eigenvalue weighted by Crippen LogP contribution is 2.41. The molecule has 1 N–H and O–H groups in total. The highest BCUT2D eigenvalue weighted by molar-refractivity contribution is 5.73. The molecule has 0 saturated heterocycles. The van der Waals surface area contributed by atoms with Crippen LogP contribution in [0, 0.1) is 5.41 Å². The molecule has 0 heterocycles. The fraction of sp³-hybridized carbons (Fsp3) is 0.375. The lowest BCUT2D eigenvalue weighted by atomic mass is 9.71. The molecule has 0 aromatic rings. The van der Waals surface area contributed by atoms with Gasteiger partial charge in [0.1, 0.15) is 6.29 Å². The van der Waals surface area contributed by atoms with Crippen molar-refractivity contribution in [3.8, 4) is 0 Å². The lowest BCUT2D eigenvalue weighted by Gasteiger charge is -2.35. The van der Waals surface area contributed by atoms with Crippen LogP contribution in [-0.2, 0) is 4.79 Å². The second kappa shape index (κ2) is 19.6. The normalized spacial score (nSPS) is 19.9. The van der Waals surface area contributed by atoms with E-state index >= 15 is 0 Å².